The van der Waals surface area contributed by atoms with Crippen molar-refractivity contribution >= 4 is 23.5 Å². The molecular weight excluding hydrogens is 468 g/mol. The first kappa shape index (κ1) is 24.8. The second-order valence-corrected chi connectivity index (χ2v) is 11.0. The maximum Gasteiger partial charge on any atom is 0.298 e. The summed E-state index contributed by atoms with van der Waals surface area (Å²) in [6, 6.07) is 7.87. The van der Waals surface area contributed by atoms with Gasteiger partial charge >= 0.3 is 0 Å². The Hall–Kier alpha value is -3.92. The molecule has 1 aromatic carbocycles. The minimum atomic E-state index is 0.00787. The molecule has 1 aliphatic heterocycles. The van der Waals surface area contributed by atoms with Gasteiger partial charge in [-0.05, 0) is 64.3 Å². The van der Waals surface area contributed by atoms with Crippen molar-refractivity contribution in [3.8, 4) is 28.1 Å². The highest BCUT2D eigenvalue weighted by atomic mass is 16.5. The number of pyridine rings is 1. The molecule has 0 bridgehead atoms. The molecule has 0 atom stereocenters. The first-order valence-corrected chi connectivity index (χ1v) is 12.3. The zero-order chi connectivity index (χ0) is 26.4. The molecule has 5 rings (SSSR count). The van der Waals surface area contributed by atoms with Crippen LogP contribution in [0.5, 0.6) is 5.75 Å². The van der Waals surface area contributed by atoms with Crippen LogP contribution < -0.4 is 15.0 Å². The largest absolute Gasteiger partial charge is 0.428 e. The topological polar surface area (TPSA) is 111 Å². The van der Waals surface area contributed by atoms with Gasteiger partial charge in [0.25, 0.3) is 6.47 Å². The number of benzene rings is 1. The number of aromatic nitrogens is 6. The number of nitrogens with one attached hydrogen (secondary N) is 1. The first-order valence-electron chi connectivity index (χ1n) is 12.3. The highest BCUT2D eigenvalue weighted by molar-refractivity contribution is 5.82. The van der Waals surface area contributed by atoms with E-state index in [1.165, 1.54) is 0 Å². The molecule has 1 saturated heterocycles. The molecule has 4 aromatic rings. The molecule has 0 spiro atoms. The van der Waals surface area contributed by atoms with Gasteiger partial charge in [-0.1, -0.05) is 6.07 Å². The quantitative estimate of drug-likeness (QED) is 0.396. The highest BCUT2D eigenvalue weighted by Gasteiger charge is 2.39. The van der Waals surface area contributed by atoms with Crippen LogP contribution in [0, 0.1) is 0 Å². The zero-order valence-electron chi connectivity index (χ0n) is 22.1. The second-order valence-electron chi connectivity index (χ2n) is 11.0. The van der Waals surface area contributed by atoms with E-state index in [9.17, 15) is 4.79 Å². The summed E-state index contributed by atoms with van der Waals surface area (Å²) in [5, 5.41) is 17.7. The van der Waals surface area contributed by atoms with E-state index < -0.39 is 0 Å². The van der Waals surface area contributed by atoms with Gasteiger partial charge in [0.05, 0.1) is 12.4 Å². The van der Waals surface area contributed by atoms with E-state index in [4.69, 9.17) is 4.74 Å². The minimum absolute atomic E-state index is 0.00787. The van der Waals surface area contributed by atoms with E-state index in [-0.39, 0.29) is 17.1 Å². The third kappa shape index (κ3) is 5.01. The van der Waals surface area contributed by atoms with Gasteiger partial charge in [-0.15, -0.1) is 10.2 Å². The summed E-state index contributed by atoms with van der Waals surface area (Å²) in [6.07, 6.45) is 7.16. The number of anilines is 1. The Morgan fingerprint density at radius 2 is 1.78 bits per heavy atom. The Morgan fingerprint density at radius 1 is 1.03 bits per heavy atom. The van der Waals surface area contributed by atoms with Crippen molar-refractivity contribution in [1.82, 2.24) is 35.3 Å². The Morgan fingerprint density at radius 3 is 2.46 bits per heavy atom. The number of hydrogen-bond acceptors (Lipinski definition) is 9. The molecule has 10 nitrogen and oxygen atoms in total. The van der Waals surface area contributed by atoms with Crippen molar-refractivity contribution < 1.29 is 9.53 Å². The van der Waals surface area contributed by atoms with Gasteiger partial charge in [-0.25, -0.2) is 9.97 Å². The average molecular weight is 501 g/mol. The maximum absolute atomic E-state index is 11.3. The number of rotatable bonds is 6. The van der Waals surface area contributed by atoms with Crippen LogP contribution in [0.15, 0.2) is 42.9 Å². The molecule has 0 radical (unpaired) electrons. The minimum Gasteiger partial charge on any atom is -0.428 e. The van der Waals surface area contributed by atoms with Gasteiger partial charge in [0.2, 0.25) is 5.95 Å². The molecular formula is C27H32N8O2. The predicted molar refractivity (Wildman–Crippen MR) is 142 cm³/mol. The summed E-state index contributed by atoms with van der Waals surface area (Å²) in [7, 11) is 3.87. The number of aryl methyl sites for hydroxylation is 1. The molecule has 1 aliphatic rings. The Balaban J connectivity index is 1.42. The number of piperidine rings is 1. The normalized spacial score (nSPS) is 17.0. The number of fused-ring (bicyclic) bond motifs is 1. The number of carbonyl (C=O) groups is 1. The molecule has 1 fully saturated rings. The summed E-state index contributed by atoms with van der Waals surface area (Å²) in [5.41, 5.74) is 3.70. The van der Waals surface area contributed by atoms with E-state index in [1.54, 1.807) is 29.3 Å². The standard InChI is InChI=1S/C27H32N8O2/c1-26(2)11-20(12-27(3,4)33-26)34(5)25-29-15-22(31-32-25)21-8-7-17(10-23(21)37-16-36)18-9-19-14-30-35(6)24(19)28-13-18/h7-10,13-16,20,33H,11-12H2,1-6H3. The van der Waals surface area contributed by atoms with Crippen molar-refractivity contribution in [2.75, 3.05) is 11.9 Å². The average Bonchev–Trinajstić information content (AvgIpc) is 3.22. The van der Waals surface area contributed by atoms with Gasteiger partial charge < -0.3 is 15.0 Å². The van der Waals surface area contributed by atoms with Gasteiger partial charge in [0, 0.05) is 53.9 Å². The lowest BCUT2D eigenvalue weighted by Gasteiger charge is -2.48. The van der Waals surface area contributed by atoms with Crippen LogP contribution >= 0.6 is 0 Å². The van der Waals surface area contributed by atoms with Crippen LogP contribution in [0.25, 0.3) is 33.4 Å². The monoisotopic (exact) mass is 500 g/mol. The van der Waals surface area contributed by atoms with E-state index in [0.29, 0.717) is 29.4 Å². The van der Waals surface area contributed by atoms with E-state index in [0.717, 1.165) is 35.0 Å². The van der Waals surface area contributed by atoms with Gasteiger partial charge in [0.15, 0.2) is 5.65 Å². The summed E-state index contributed by atoms with van der Waals surface area (Å²) >= 11 is 0. The lowest BCUT2D eigenvalue weighted by Crippen LogP contribution is -2.62. The lowest BCUT2D eigenvalue weighted by atomic mass is 9.79. The summed E-state index contributed by atoms with van der Waals surface area (Å²) in [5.74, 6) is 0.936. The molecule has 3 aromatic heterocycles. The third-order valence-corrected chi connectivity index (χ3v) is 6.92. The molecule has 1 N–H and O–H groups in total. The Labute approximate surface area is 216 Å². The van der Waals surface area contributed by atoms with Crippen molar-refractivity contribution in [3.63, 3.8) is 0 Å². The SMILES string of the molecule is CN(c1ncc(-c2ccc(-c3cnc4c(cnn4C)c3)cc2OC=O)nn1)C1CC(C)(C)NC(C)(C)C1. The molecule has 0 saturated carbocycles. The van der Waals surface area contributed by atoms with Crippen molar-refractivity contribution in [2.24, 2.45) is 7.05 Å². The van der Waals surface area contributed by atoms with Crippen LogP contribution in [-0.4, -0.2) is 60.6 Å². The maximum atomic E-state index is 11.3. The van der Waals surface area contributed by atoms with Crippen LogP contribution in [0.3, 0.4) is 0 Å². The molecule has 0 amide bonds. The van der Waals surface area contributed by atoms with E-state index in [1.807, 2.05) is 32.3 Å². The number of carbonyl (C=O) groups excluding carboxylic acids is 1. The Bertz CT molecular complexity index is 1430. The predicted octanol–water partition coefficient (Wildman–Crippen LogP) is 3.77. The van der Waals surface area contributed by atoms with Gasteiger partial charge in [-0.3, -0.25) is 9.48 Å². The zero-order valence-corrected chi connectivity index (χ0v) is 22.1. The molecule has 192 valence electrons. The molecule has 37 heavy (non-hydrogen) atoms. The van der Waals surface area contributed by atoms with Gasteiger partial charge in [-0.2, -0.15) is 5.10 Å². The van der Waals surface area contributed by atoms with Crippen molar-refractivity contribution in [3.05, 3.63) is 42.9 Å². The number of nitrogens with zero attached hydrogens (tertiary/aromatic N) is 7. The number of hydrogen-bond donors (Lipinski definition) is 1. The van der Waals surface area contributed by atoms with Gasteiger partial charge in [0.1, 0.15) is 11.4 Å². The van der Waals surface area contributed by atoms with Crippen LogP contribution in [0.1, 0.15) is 40.5 Å². The second kappa shape index (κ2) is 9.19. The number of ether oxygens (including phenoxy) is 1. The van der Waals surface area contributed by atoms with E-state index >= 15 is 0 Å². The van der Waals surface area contributed by atoms with Crippen LogP contribution in [0.2, 0.25) is 0 Å². The molecule has 4 heterocycles. The fourth-order valence-electron chi connectivity index (χ4n) is 5.52. The van der Waals surface area contributed by atoms with Crippen LogP contribution in [0.4, 0.5) is 5.95 Å². The lowest BCUT2D eigenvalue weighted by molar-refractivity contribution is -0.120. The van der Waals surface area contributed by atoms with Crippen molar-refractivity contribution in [2.45, 2.75) is 57.7 Å². The summed E-state index contributed by atoms with van der Waals surface area (Å²) in [6.45, 7) is 9.30. The van der Waals surface area contributed by atoms with Crippen molar-refractivity contribution in [1.29, 1.82) is 0 Å². The fraction of sp³-hybridized carbons (Fsp3) is 0.407. The smallest absolute Gasteiger partial charge is 0.298 e. The fourth-order valence-corrected chi connectivity index (χ4v) is 5.52. The van der Waals surface area contributed by atoms with Crippen LogP contribution in [-0.2, 0) is 11.8 Å². The molecule has 0 unspecified atom stereocenters. The third-order valence-electron chi connectivity index (χ3n) is 6.92. The molecule has 10 heteroatoms. The summed E-state index contributed by atoms with van der Waals surface area (Å²) < 4.78 is 7.06. The molecule has 0 aliphatic carbocycles. The Kier molecular flexibility index (Phi) is 6.15. The highest BCUT2D eigenvalue weighted by Crippen LogP contribution is 2.35. The summed E-state index contributed by atoms with van der Waals surface area (Å²) in [4.78, 5) is 22.5. The van der Waals surface area contributed by atoms with E-state index in [2.05, 4.69) is 63.2 Å². The first-order chi connectivity index (χ1) is 17.5.